The van der Waals surface area contributed by atoms with Crippen molar-refractivity contribution < 1.29 is 49.6 Å². The Morgan fingerprint density at radius 3 is 2.46 bits per heavy atom. The van der Waals surface area contributed by atoms with Gasteiger partial charge in [-0.15, -0.1) is 0 Å². The molecule has 26 heavy (non-hydrogen) atoms. The van der Waals surface area contributed by atoms with E-state index in [1.54, 1.807) is 6.92 Å². The molecular formula is C16H24O10. The standard InChI is InChI=1S/C16H24O10/c1-13-4-15(22)7-2-16(13,14(7,5-18)12(25-13)26-15)24-11-10(21)9(20)8(19)6(3-17)23-11/h6-12,17-22H,2-5H2,1H3/t6-,7+,8-,9+,10-,11+,12+,13+,14-,15-,16-/m1/s1. The van der Waals surface area contributed by atoms with Crippen molar-refractivity contribution in [1.29, 1.82) is 0 Å². The average molecular weight is 376 g/mol. The lowest BCUT2D eigenvalue weighted by Gasteiger charge is -2.67. The molecule has 3 saturated carbocycles. The number of aliphatic hydroxyl groups is 6. The van der Waals surface area contributed by atoms with Gasteiger partial charge in [-0.3, -0.25) is 0 Å². The Labute approximate surface area is 148 Å². The zero-order chi connectivity index (χ0) is 18.7. The summed E-state index contributed by atoms with van der Waals surface area (Å²) < 4.78 is 23.2. The van der Waals surface area contributed by atoms with Crippen LogP contribution in [0.25, 0.3) is 0 Å². The van der Waals surface area contributed by atoms with Crippen LogP contribution in [0.5, 0.6) is 0 Å². The molecule has 0 aromatic carbocycles. The number of hydrogen-bond acceptors (Lipinski definition) is 10. The summed E-state index contributed by atoms with van der Waals surface area (Å²) in [4.78, 5) is 0. The van der Waals surface area contributed by atoms with Gasteiger partial charge in [-0.25, -0.2) is 0 Å². The Balaban J connectivity index is 1.50. The lowest BCUT2D eigenvalue weighted by molar-refractivity contribution is -0.424. The predicted octanol–water partition coefficient (Wildman–Crippen LogP) is -3.22. The molecule has 4 saturated heterocycles. The molecule has 0 spiro atoms. The van der Waals surface area contributed by atoms with E-state index in [9.17, 15) is 30.6 Å². The van der Waals surface area contributed by atoms with Crippen molar-refractivity contribution in [2.75, 3.05) is 13.2 Å². The van der Waals surface area contributed by atoms with Gasteiger partial charge in [0, 0.05) is 12.3 Å². The highest BCUT2D eigenvalue weighted by molar-refractivity contribution is 5.37. The van der Waals surface area contributed by atoms with Crippen LogP contribution >= 0.6 is 0 Å². The molecule has 7 fully saturated rings. The minimum atomic E-state index is -1.56. The fraction of sp³-hybridized carbons (Fsp3) is 1.00. The Hall–Kier alpha value is -0.400. The number of ether oxygens (including phenoxy) is 4. The molecule has 0 unspecified atom stereocenters. The largest absolute Gasteiger partial charge is 0.395 e. The summed E-state index contributed by atoms with van der Waals surface area (Å²) in [5.41, 5.74) is -3.09. The van der Waals surface area contributed by atoms with Crippen molar-refractivity contribution in [3.05, 3.63) is 0 Å². The Morgan fingerprint density at radius 1 is 1.08 bits per heavy atom. The van der Waals surface area contributed by atoms with Gasteiger partial charge in [-0.1, -0.05) is 0 Å². The van der Waals surface area contributed by atoms with Gasteiger partial charge in [0.1, 0.15) is 35.6 Å². The van der Waals surface area contributed by atoms with Crippen LogP contribution in [0, 0.1) is 11.3 Å². The first kappa shape index (κ1) is 17.7. The van der Waals surface area contributed by atoms with Gasteiger partial charge in [0.15, 0.2) is 18.4 Å². The summed E-state index contributed by atoms with van der Waals surface area (Å²) >= 11 is 0. The zero-order valence-electron chi connectivity index (χ0n) is 14.2. The van der Waals surface area contributed by atoms with Crippen LogP contribution in [-0.2, 0) is 18.9 Å². The molecule has 0 amide bonds. The summed E-state index contributed by atoms with van der Waals surface area (Å²) in [6, 6.07) is 0. The number of aliphatic hydroxyl groups excluding tert-OH is 5. The molecule has 0 radical (unpaired) electrons. The number of rotatable bonds is 4. The fourth-order valence-electron chi connectivity index (χ4n) is 6.06. The summed E-state index contributed by atoms with van der Waals surface area (Å²) in [6.45, 7) is 0.840. The summed E-state index contributed by atoms with van der Waals surface area (Å²) in [5, 5.41) is 60.6. The van der Waals surface area contributed by atoms with E-state index >= 15 is 0 Å². The van der Waals surface area contributed by atoms with Crippen LogP contribution in [0.3, 0.4) is 0 Å². The van der Waals surface area contributed by atoms with Crippen molar-refractivity contribution in [1.82, 2.24) is 0 Å². The first-order chi connectivity index (χ1) is 12.2. The molecule has 148 valence electrons. The van der Waals surface area contributed by atoms with E-state index in [0.29, 0.717) is 6.42 Å². The van der Waals surface area contributed by atoms with Gasteiger partial charge < -0.3 is 49.6 Å². The van der Waals surface area contributed by atoms with Gasteiger partial charge in [0.05, 0.1) is 18.6 Å². The quantitative estimate of drug-likeness (QED) is 0.295. The van der Waals surface area contributed by atoms with Gasteiger partial charge in [-0.05, 0) is 13.3 Å². The van der Waals surface area contributed by atoms with Crippen LogP contribution in [0.1, 0.15) is 19.8 Å². The molecule has 0 aromatic heterocycles. The van der Waals surface area contributed by atoms with Crippen LogP contribution < -0.4 is 0 Å². The molecule has 4 heterocycles. The van der Waals surface area contributed by atoms with E-state index in [1.807, 2.05) is 0 Å². The lowest BCUT2D eigenvalue weighted by Crippen LogP contribution is -2.80. The minimum absolute atomic E-state index is 0.139. The molecule has 6 bridgehead atoms. The summed E-state index contributed by atoms with van der Waals surface area (Å²) in [6.07, 6.45) is -7.43. The molecule has 3 aliphatic carbocycles. The first-order valence-corrected chi connectivity index (χ1v) is 8.85. The van der Waals surface area contributed by atoms with Crippen molar-refractivity contribution in [2.45, 2.75) is 73.8 Å². The Kier molecular flexibility index (Phi) is 3.37. The molecule has 7 rings (SSSR count). The van der Waals surface area contributed by atoms with E-state index < -0.39 is 66.0 Å². The molecule has 4 aliphatic heterocycles. The Morgan fingerprint density at radius 2 is 1.81 bits per heavy atom. The molecule has 11 atom stereocenters. The van der Waals surface area contributed by atoms with Crippen molar-refractivity contribution in [3.63, 3.8) is 0 Å². The first-order valence-electron chi connectivity index (χ1n) is 8.85. The van der Waals surface area contributed by atoms with Crippen LogP contribution in [-0.4, -0.2) is 97.8 Å². The highest BCUT2D eigenvalue weighted by Gasteiger charge is 2.94. The topological polar surface area (TPSA) is 158 Å². The fourth-order valence-corrected chi connectivity index (χ4v) is 6.06. The highest BCUT2D eigenvalue weighted by Crippen LogP contribution is 2.81. The van der Waals surface area contributed by atoms with Gasteiger partial charge in [0.2, 0.25) is 0 Å². The lowest BCUT2D eigenvalue weighted by atomic mass is 9.41. The van der Waals surface area contributed by atoms with E-state index in [2.05, 4.69) is 0 Å². The van der Waals surface area contributed by atoms with Gasteiger partial charge in [0.25, 0.3) is 0 Å². The van der Waals surface area contributed by atoms with E-state index in [4.69, 9.17) is 18.9 Å². The third-order valence-corrected chi connectivity index (χ3v) is 7.38. The highest BCUT2D eigenvalue weighted by atomic mass is 16.8. The third kappa shape index (κ3) is 1.61. The van der Waals surface area contributed by atoms with E-state index in [-0.39, 0.29) is 18.9 Å². The average Bonchev–Trinajstić information content (AvgIpc) is 2.77. The molecule has 0 aromatic rings. The van der Waals surface area contributed by atoms with E-state index in [1.165, 1.54) is 0 Å². The molecule has 10 heteroatoms. The molecule has 10 nitrogen and oxygen atoms in total. The van der Waals surface area contributed by atoms with Crippen LogP contribution in [0.2, 0.25) is 0 Å². The maximum atomic E-state index is 10.8. The Bertz CT molecular complexity index is 630. The maximum absolute atomic E-state index is 10.8. The molecule has 6 N–H and O–H groups in total. The van der Waals surface area contributed by atoms with Crippen LogP contribution in [0.4, 0.5) is 0 Å². The molecular weight excluding hydrogens is 352 g/mol. The third-order valence-electron chi connectivity index (χ3n) is 7.38. The van der Waals surface area contributed by atoms with Gasteiger partial charge in [-0.2, -0.15) is 0 Å². The molecule has 7 aliphatic rings. The smallest absolute Gasteiger partial charge is 0.187 e. The second-order valence-corrected chi connectivity index (χ2v) is 8.42. The predicted molar refractivity (Wildman–Crippen MR) is 79.1 cm³/mol. The zero-order valence-corrected chi connectivity index (χ0v) is 14.2. The van der Waals surface area contributed by atoms with Crippen molar-refractivity contribution in [2.24, 2.45) is 11.3 Å². The van der Waals surface area contributed by atoms with E-state index in [0.717, 1.165) is 0 Å². The van der Waals surface area contributed by atoms with Crippen molar-refractivity contribution >= 4 is 0 Å². The SMILES string of the molecule is C[C@@]12C[C@@]3(O)O[C@H](O1)[C@@]1(CO)[C@@H]3C[C@]12O[C@@H]1O[C@H](CO)[C@@H](O)[C@H](O)[C@H]1O. The second kappa shape index (κ2) is 4.95. The maximum Gasteiger partial charge on any atom is 0.187 e. The summed E-state index contributed by atoms with van der Waals surface area (Å²) in [5.74, 6) is -1.77. The summed E-state index contributed by atoms with van der Waals surface area (Å²) in [7, 11) is 0. The van der Waals surface area contributed by atoms with Crippen molar-refractivity contribution in [3.8, 4) is 0 Å². The number of hydrogen-bond donors (Lipinski definition) is 6. The van der Waals surface area contributed by atoms with Gasteiger partial charge >= 0.3 is 0 Å². The second-order valence-electron chi connectivity index (χ2n) is 8.42. The monoisotopic (exact) mass is 376 g/mol. The van der Waals surface area contributed by atoms with Crippen LogP contribution in [0.15, 0.2) is 0 Å². The minimum Gasteiger partial charge on any atom is -0.395 e. The normalized spacial score (nSPS) is 65.4.